The second kappa shape index (κ2) is 6.58. The summed E-state index contributed by atoms with van der Waals surface area (Å²) in [6, 6.07) is 10.9. The van der Waals surface area contributed by atoms with Gasteiger partial charge in [-0.3, -0.25) is 9.78 Å². The molecule has 0 aliphatic heterocycles. The lowest BCUT2D eigenvalue weighted by atomic mass is 10.3. The standard InChI is InChI=1S/C16H14ClN5O/c1-11-20-15(16(23)19-10-12-6-8-18-9-7-12)21-22(11)14-5-3-2-4-13(14)17/h2-9H,10H2,1H3,(H,19,23). The third-order valence-electron chi connectivity index (χ3n) is 3.26. The number of amides is 1. The van der Waals surface area contributed by atoms with Crippen LogP contribution in [0.25, 0.3) is 5.69 Å². The third kappa shape index (κ3) is 3.37. The highest BCUT2D eigenvalue weighted by atomic mass is 35.5. The minimum absolute atomic E-state index is 0.108. The number of nitrogens with one attached hydrogen (secondary N) is 1. The molecule has 0 saturated heterocycles. The number of aromatic nitrogens is 4. The van der Waals surface area contributed by atoms with E-state index in [1.165, 1.54) is 0 Å². The van der Waals surface area contributed by atoms with Crippen LogP contribution in [0.4, 0.5) is 0 Å². The van der Waals surface area contributed by atoms with Crippen LogP contribution in [0.3, 0.4) is 0 Å². The molecule has 1 amide bonds. The molecule has 116 valence electrons. The van der Waals surface area contributed by atoms with E-state index in [1.54, 1.807) is 30.1 Å². The number of carbonyl (C=O) groups excluding carboxylic acids is 1. The van der Waals surface area contributed by atoms with Gasteiger partial charge in [-0.25, -0.2) is 9.67 Å². The molecule has 3 rings (SSSR count). The van der Waals surface area contributed by atoms with Crippen LogP contribution < -0.4 is 5.32 Å². The van der Waals surface area contributed by atoms with Gasteiger partial charge in [-0.2, -0.15) is 0 Å². The van der Waals surface area contributed by atoms with Gasteiger partial charge in [0.05, 0.1) is 10.7 Å². The molecule has 0 fully saturated rings. The maximum Gasteiger partial charge on any atom is 0.291 e. The van der Waals surface area contributed by atoms with Crippen molar-refractivity contribution < 1.29 is 4.79 Å². The Bertz CT molecular complexity index is 831. The predicted molar refractivity (Wildman–Crippen MR) is 86.5 cm³/mol. The minimum atomic E-state index is -0.337. The smallest absolute Gasteiger partial charge is 0.291 e. The van der Waals surface area contributed by atoms with Crippen molar-refractivity contribution in [2.75, 3.05) is 0 Å². The van der Waals surface area contributed by atoms with E-state index < -0.39 is 0 Å². The molecule has 1 aromatic carbocycles. The molecule has 0 bridgehead atoms. The summed E-state index contributed by atoms with van der Waals surface area (Å²) in [5.74, 6) is 0.361. The lowest BCUT2D eigenvalue weighted by Crippen LogP contribution is -2.24. The molecule has 6 nitrogen and oxygen atoms in total. The first-order valence-corrected chi connectivity index (χ1v) is 7.38. The lowest BCUT2D eigenvalue weighted by Gasteiger charge is -2.04. The number of pyridine rings is 1. The molecule has 7 heteroatoms. The third-order valence-corrected chi connectivity index (χ3v) is 3.57. The second-order valence-corrected chi connectivity index (χ2v) is 5.29. The Morgan fingerprint density at radius 2 is 1.96 bits per heavy atom. The average Bonchev–Trinajstić information content (AvgIpc) is 2.96. The molecular formula is C16H14ClN5O. The van der Waals surface area contributed by atoms with E-state index in [0.717, 1.165) is 5.56 Å². The molecule has 0 saturated carbocycles. The van der Waals surface area contributed by atoms with Crippen LogP contribution in [0.2, 0.25) is 5.02 Å². The van der Waals surface area contributed by atoms with E-state index in [1.807, 2.05) is 30.3 Å². The van der Waals surface area contributed by atoms with Crippen LogP contribution in [-0.4, -0.2) is 25.7 Å². The van der Waals surface area contributed by atoms with Crippen LogP contribution in [0.1, 0.15) is 22.0 Å². The van der Waals surface area contributed by atoms with Crippen LogP contribution in [0, 0.1) is 6.92 Å². The van der Waals surface area contributed by atoms with Crippen LogP contribution in [0.15, 0.2) is 48.8 Å². The van der Waals surface area contributed by atoms with Crippen molar-refractivity contribution in [3.05, 3.63) is 71.0 Å². The van der Waals surface area contributed by atoms with Crippen molar-refractivity contribution in [3.63, 3.8) is 0 Å². The summed E-state index contributed by atoms with van der Waals surface area (Å²) in [6.45, 7) is 2.16. The Balaban J connectivity index is 1.78. The molecule has 0 unspecified atom stereocenters. The summed E-state index contributed by atoms with van der Waals surface area (Å²) in [5.41, 5.74) is 1.64. The fourth-order valence-electron chi connectivity index (χ4n) is 2.10. The van der Waals surface area contributed by atoms with E-state index in [4.69, 9.17) is 11.6 Å². The van der Waals surface area contributed by atoms with Gasteiger partial charge in [-0.15, -0.1) is 5.10 Å². The van der Waals surface area contributed by atoms with E-state index in [0.29, 0.717) is 23.1 Å². The molecule has 23 heavy (non-hydrogen) atoms. The monoisotopic (exact) mass is 327 g/mol. The van der Waals surface area contributed by atoms with Gasteiger partial charge < -0.3 is 5.32 Å². The zero-order valence-electron chi connectivity index (χ0n) is 12.4. The second-order valence-electron chi connectivity index (χ2n) is 4.88. The Morgan fingerprint density at radius 1 is 1.22 bits per heavy atom. The SMILES string of the molecule is Cc1nc(C(=O)NCc2ccncc2)nn1-c1ccccc1Cl. The minimum Gasteiger partial charge on any atom is -0.345 e. The van der Waals surface area contributed by atoms with E-state index >= 15 is 0 Å². The van der Waals surface area contributed by atoms with Gasteiger partial charge in [0.1, 0.15) is 5.82 Å². The molecule has 1 N–H and O–H groups in total. The van der Waals surface area contributed by atoms with Crippen LogP contribution in [-0.2, 0) is 6.54 Å². The quantitative estimate of drug-likeness (QED) is 0.799. The first-order valence-electron chi connectivity index (χ1n) is 7.01. The van der Waals surface area contributed by atoms with E-state index in [9.17, 15) is 4.79 Å². The molecule has 2 aromatic heterocycles. The van der Waals surface area contributed by atoms with Gasteiger partial charge in [0.15, 0.2) is 0 Å². The van der Waals surface area contributed by atoms with Crippen LogP contribution >= 0.6 is 11.6 Å². The maximum atomic E-state index is 12.2. The summed E-state index contributed by atoms with van der Waals surface area (Å²) in [7, 11) is 0. The number of para-hydroxylation sites is 1. The molecule has 3 aromatic rings. The summed E-state index contributed by atoms with van der Waals surface area (Å²) in [6.07, 6.45) is 3.35. The maximum absolute atomic E-state index is 12.2. The Hall–Kier alpha value is -2.73. The highest BCUT2D eigenvalue weighted by Crippen LogP contribution is 2.20. The Morgan fingerprint density at radius 3 is 2.70 bits per heavy atom. The molecule has 0 aliphatic carbocycles. The molecular weight excluding hydrogens is 314 g/mol. The van der Waals surface area contributed by atoms with Crippen molar-refractivity contribution in [2.45, 2.75) is 13.5 Å². The number of halogens is 1. The highest BCUT2D eigenvalue weighted by molar-refractivity contribution is 6.32. The number of carbonyl (C=O) groups is 1. The van der Waals surface area contributed by atoms with Gasteiger partial charge in [-0.1, -0.05) is 23.7 Å². The largest absolute Gasteiger partial charge is 0.345 e. The van der Waals surface area contributed by atoms with Gasteiger partial charge in [0.25, 0.3) is 5.91 Å². The Labute approximate surface area is 138 Å². The summed E-state index contributed by atoms with van der Waals surface area (Å²) in [4.78, 5) is 20.3. The topological polar surface area (TPSA) is 72.7 Å². The van der Waals surface area contributed by atoms with Crippen molar-refractivity contribution in [3.8, 4) is 5.69 Å². The molecule has 0 radical (unpaired) electrons. The zero-order valence-corrected chi connectivity index (χ0v) is 13.2. The molecule has 0 spiro atoms. The van der Waals surface area contributed by atoms with Crippen molar-refractivity contribution in [1.29, 1.82) is 0 Å². The fraction of sp³-hybridized carbons (Fsp3) is 0.125. The number of nitrogens with zero attached hydrogens (tertiary/aromatic N) is 4. The predicted octanol–water partition coefficient (Wildman–Crippen LogP) is 2.55. The number of rotatable bonds is 4. The lowest BCUT2D eigenvalue weighted by molar-refractivity contribution is 0.0940. The number of benzene rings is 1. The van der Waals surface area contributed by atoms with Crippen molar-refractivity contribution >= 4 is 17.5 Å². The Kier molecular flexibility index (Phi) is 4.34. The molecule has 0 aliphatic rings. The number of hydrogen-bond acceptors (Lipinski definition) is 4. The van der Waals surface area contributed by atoms with E-state index in [2.05, 4.69) is 20.4 Å². The van der Waals surface area contributed by atoms with Gasteiger partial charge in [-0.05, 0) is 36.8 Å². The summed E-state index contributed by atoms with van der Waals surface area (Å²) < 4.78 is 1.56. The highest BCUT2D eigenvalue weighted by Gasteiger charge is 2.16. The first kappa shape index (κ1) is 15.2. The van der Waals surface area contributed by atoms with E-state index in [-0.39, 0.29) is 11.7 Å². The molecule has 0 atom stereocenters. The van der Waals surface area contributed by atoms with Gasteiger partial charge in [0.2, 0.25) is 5.82 Å². The van der Waals surface area contributed by atoms with Gasteiger partial charge in [0, 0.05) is 18.9 Å². The average molecular weight is 328 g/mol. The summed E-state index contributed by atoms with van der Waals surface area (Å²) in [5, 5.41) is 7.58. The fourth-order valence-corrected chi connectivity index (χ4v) is 2.32. The zero-order chi connectivity index (χ0) is 16.2. The number of hydrogen-bond donors (Lipinski definition) is 1. The summed E-state index contributed by atoms with van der Waals surface area (Å²) >= 11 is 6.17. The van der Waals surface area contributed by atoms with Crippen LogP contribution in [0.5, 0.6) is 0 Å². The van der Waals surface area contributed by atoms with Crippen molar-refractivity contribution in [2.24, 2.45) is 0 Å². The first-order chi connectivity index (χ1) is 11.1. The normalized spacial score (nSPS) is 10.5. The molecule has 2 heterocycles. The number of aryl methyl sites for hydroxylation is 1. The van der Waals surface area contributed by atoms with Crippen molar-refractivity contribution in [1.82, 2.24) is 25.1 Å². The van der Waals surface area contributed by atoms with Gasteiger partial charge >= 0.3 is 0 Å².